The van der Waals surface area contributed by atoms with Gasteiger partial charge in [-0.3, -0.25) is 19.2 Å². The van der Waals surface area contributed by atoms with Crippen LogP contribution in [0.3, 0.4) is 0 Å². The summed E-state index contributed by atoms with van der Waals surface area (Å²) in [6.07, 6.45) is 0.890. The van der Waals surface area contributed by atoms with E-state index in [0.717, 1.165) is 0 Å². The summed E-state index contributed by atoms with van der Waals surface area (Å²) in [5, 5.41) is 17.4. The number of Topliss-reactive ketones (excluding diaryl/α,β-unsaturated/α-hetero) is 2. The van der Waals surface area contributed by atoms with Crippen molar-refractivity contribution in [3.05, 3.63) is 0 Å². The largest absolute Gasteiger partial charge is 0.466 e. The smallest absolute Gasteiger partial charge is 0.327 e. The Hall–Kier alpha value is -1.80. The summed E-state index contributed by atoms with van der Waals surface area (Å²) in [6.45, 7) is -0.0734. The number of hydrogen-bond acceptors (Lipinski definition) is 8. The molecule has 136 valence electrons. The van der Waals surface area contributed by atoms with E-state index in [1.54, 1.807) is 0 Å². The Morgan fingerprint density at radius 2 is 1.38 bits per heavy atom. The number of ketones is 2. The normalized spacial score (nSPS) is 16.2. The van der Waals surface area contributed by atoms with E-state index < -0.39 is 35.3 Å². The van der Waals surface area contributed by atoms with Gasteiger partial charge in [-0.1, -0.05) is 0 Å². The summed E-state index contributed by atoms with van der Waals surface area (Å²) in [4.78, 5) is 48.5. The second-order valence-corrected chi connectivity index (χ2v) is 5.65. The van der Waals surface area contributed by atoms with Gasteiger partial charge in [-0.25, -0.2) is 0 Å². The summed E-state index contributed by atoms with van der Waals surface area (Å²) < 4.78 is 9.91. The molecule has 0 atom stereocenters. The number of aliphatic hydroxyl groups is 2. The fourth-order valence-corrected chi connectivity index (χ4v) is 2.48. The standard InChI is InChI=1S/C16H24O8/c17-7-1-3-9-23-14(21)11-16(12(19)5-6-13(16)20)15(22)24-10-4-2-8-18/h17-18H,1-11H2. The molecule has 0 aromatic carbocycles. The molecule has 0 unspecified atom stereocenters. The van der Waals surface area contributed by atoms with E-state index in [4.69, 9.17) is 19.7 Å². The first-order chi connectivity index (χ1) is 11.5. The summed E-state index contributed by atoms with van der Waals surface area (Å²) in [5.41, 5.74) is -2.09. The first kappa shape index (κ1) is 20.2. The van der Waals surface area contributed by atoms with Crippen LogP contribution in [0.2, 0.25) is 0 Å². The lowest BCUT2D eigenvalue weighted by Crippen LogP contribution is -2.44. The average Bonchev–Trinajstić information content (AvgIpc) is 2.84. The molecular weight excluding hydrogens is 320 g/mol. The van der Waals surface area contributed by atoms with Crippen molar-refractivity contribution in [1.82, 2.24) is 0 Å². The van der Waals surface area contributed by atoms with Crippen LogP contribution < -0.4 is 0 Å². The van der Waals surface area contributed by atoms with Gasteiger partial charge in [-0.2, -0.15) is 0 Å². The van der Waals surface area contributed by atoms with Crippen LogP contribution in [-0.2, 0) is 28.7 Å². The van der Waals surface area contributed by atoms with Gasteiger partial charge >= 0.3 is 11.9 Å². The molecule has 24 heavy (non-hydrogen) atoms. The molecule has 8 heteroatoms. The van der Waals surface area contributed by atoms with Crippen LogP contribution in [0.1, 0.15) is 44.9 Å². The number of ether oxygens (including phenoxy) is 2. The second-order valence-electron chi connectivity index (χ2n) is 5.65. The minimum atomic E-state index is -2.09. The van der Waals surface area contributed by atoms with Gasteiger partial charge in [0.1, 0.15) is 0 Å². The molecule has 0 aliphatic heterocycles. The minimum Gasteiger partial charge on any atom is -0.466 e. The Morgan fingerprint density at radius 3 is 1.88 bits per heavy atom. The Bertz CT molecular complexity index is 455. The van der Waals surface area contributed by atoms with Crippen LogP contribution in [-0.4, -0.2) is 60.1 Å². The van der Waals surface area contributed by atoms with Crippen molar-refractivity contribution in [2.45, 2.75) is 44.9 Å². The monoisotopic (exact) mass is 344 g/mol. The molecule has 0 aromatic rings. The number of hydrogen-bond donors (Lipinski definition) is 2. The molecule has 0 spiro atoms. The van der Waals surface area contributed by atoms with Gasteiger partial charge in [0.25, 0.3) is 0 Å². The molecule has 0 saturated heterocycles. The zero-order chi connectivity index (χ0) is 18.0. The maximum atomic E-state index is 12.3. The average molecular weight is 344 g/mol. The lowest BCUT2D eigenvalue weighted by atomic mass is 9.81. The molecule has 8 nitrogen and oxygen atoms in total. The summed E-state index contributed by atoms with van der Waals surface area (Å²) in [6, 6.07) is 0. The van der Waals surface area contributed by atoms with Crippen LogP contribution >= 0.6 is 0 Å². The Balaban J connectivity index is 2.70. The van der Waals surface area contributed by atoms with E-state index in [9.17, 15) is 19.2 Å². The molecule has 0 amide bonds. The van der Waals surface area contributed by atoms with Crippen molar-refractivity contribution in [2.24, 2.45) is 5.41 Å². The highest BCUT2D eigenvalue weighted by molar-refractivity contribution is 6.27. The Labute approximate surface area is 140 Å². The molecule has 0 bridgehead atoms. The second kappa shape index (κ2) is 10.1. The fourth-order valence-electron chi connectivity index (χ4n) is 2.48. The maximum absolute atomic E-state index is 12.3. The minimum absolute atomic E-state index is 0.0291. The zero-order valence-electron chi connectivity index (χ0n) is 13.6. The van der Waals surface area contributed by atoms with Crippen LogP contribution in [0.5, 0.6) is 0 Å². The zero-order valence-corrected chi connectivity index (χ0v) is 13.6. The number of aliphatic hydroxyl groups excluding tert-OH is 2. The SMILES string of the molecule is O=C(CC1(C(=O)OCCCCO)C(=O)CCC1=O)OCCCCO. The van der Waals surface area contributed by atoms with E-state index in [0.29, 0.717) is 25.7 Å². The van der Waals surface area contributed by atoms with Gasteiger partial charge in [-0.05, 0) is 25.7 Å². The van der Waals surface area contributed by atoms with Crippen molar-refractivity contribution in [3.8, 4) is 0 Å². The molecule has 1 fully saturated rings. The van der Waals surface area contributed by atoms with E-state index in [1.165, 1.54) is 0 Å². The number of unbranched alkanes of at least 4 members (excludes halogenated alkanes) is 2. The molecule has 0 aromatic heterocycles. The van der Waals surface area contributed by atoms with Crippen LogP contribution in [0.4, 0.5) is 0 Å². The van der Waals surface area contributed by atoms with Crippen molar-refractivity contribution in [1.29, 1.82) is 0 Å². The first-order valence-corrected chi connectivity index (χ1v) is 8.10. The quantitative estimate of drug-likeness (QED) is 0.303. The molecule has 1 aliphatic carbocycles. The van der Waals surface area contributed by atoms with Crippen molar-refractivity contribution in [2.75, 3.05) is 26.4 Å². The topological polar surface area (TPSA) is 127 Å². The Morgan fingerprint density at radius 1 is 0.875 bits per heavy atom. The number of rotatable bonds is 11. The third-order valence-electron chi connectivity index (χ3n) is 3.89. The van der Waals surface area contributed by atoms with Crippen LogP contribution in [0, 0.1) is 5.41 Å². The lowest BCUT2D eigenvalue weighted by molar-refractivity contribution is -0.168. The highest BCUT2D eigenvalue weighted by atomic mass is 16.5. The van der Waals surface area contributed by atoms with Gasteiger partial charge < -0.3 is 19.7 Å². The van der Waals surface area contributed by atoms with Crippen LogP contribution in [0.15, 0.2) is 0 Å². The van der Waals surface area contributed by atoms with Gasteiger partial charge in [0.05, 0.1) is 19.6 Å². The molecule has 2 N–H and O–H groups in total. The van der Waals surface area contributed by atoms with Crippen molar-refractivity contribution >= 4 is 23.5 Å². The third-order valence-corrected chi connectivity index (χ3v) is 3.89. The summed E-state index contributed by atoms with van der Waals surface area (Å²) >= 11 is 0. The Kier molecular flexibility index (Phi) is 8.56. The molecular formula is C16H24O8. The highest BCUT2D eigenvalue weighted by Gasteiger charge is 2.58. The lowest BCUT2D eigenvalue weighted by Gasteiger charge is -2.22. The number of esters is 2. The van der Waals surface area contributed by atoms with Crippen molar-refractivity contribution < 1.29 is 38.9 Å². The van der Waals surface area contributed by atoms with E-state index in [1.807, 2.05) is 0 Å². The summed E-state index contributed by atoms with van der Waals surface area (Å²) in [7, 11) is 0. The van der Waals surface area contributed by atoms with Crippen LogP contribution in [0.25, 0.3) is 0 Å². The fraction of sp³-hybridized carbons (Fsp3) is 0.750. The third kappa shape index (κ3) is 5.10. The van der Waals surface area contributed by atoms with Gasteiger partial charge in [0.15, 0.2) is 17.0 Å². The van der Waals surface area contributed by atoms with E-state index >= 15 is 0 Å². The molecule has 0 heterocycles. The molecule has 1 saturated carbocycles. The molecule has 1 aliphatic rings. The maximum Gasteiger partial charge on any atom is 0.327 e. The van der Waals surface area contributed by atoms with Gasteiger partial charge in [-0.15, -0.1) is 0 Å². The molecule has 1 rings (SSSR count). The first-order valence-electron chi connectivity index (χ1n) is 8.10. The van der Waals surface area contributed by atoms with Gasteiger partial charge in [0.2, 0.25) is 0 Å². The molecule has 0 radical (unpaired) electrons. The summed E-state index contributed by atoms with van der Waals surface area (Å²) in [5.74, 6) is -3.07. The predicted octanol–water partition coefficient (Wildman–Crippen LogP) is -0.0737. The van der Waals surface area contributed by atoms with Crippen molar-refractivity contribution in [3.63, 3.8) is 0 Å². The number of carbonyl (C=O) groups excluding carboxylic acids is 4. The van der Waals surface area contributed by atoms with E-state index in [-0.39, 0.29) is 39.3 Å². The predicted molar refractivity (Wildman–Crippen MR) is 80.9 cm³/mol. The van der Waals surface area contributed by atoms with Gasteiger partial charge in [0, 0.05) is 26.1 Å². The number of carbonyl (C=O) groups is 4. The highest BCUT2D eigenvalue weighted by Crippen LogP contribution is 2.37. The van der Waals surface area contributed by atoms with E-state index in [2.05, 4.69) is 0 Å².